The van der Waals surface area contributed by atoms with Crippen molar-refractivity contribution in [3.63, 3.8) is 0 Å². The number of fused-ring (bicyclic) bond motifs is 3. The van der Waals surface area contributed by atoms with E-state index >= 15 is 0 Å². The fourth-order valence-electron chi connectivity index (χ4n) is 5.93. The first-order chi connectivity index (χ1) is 18.7. The molecule has 0 radical (unpaired) electrons. The summed E-state index contributed by atoms with van der Waals surface area (Å²) in [7, 11) is 0. The Kier molecular flexibility index (Phi) is 6.63. The third-order valence-electron chi connectivity index (χ3n) is 8.07. The van der Waals surface area contributed by atoms with Crippen LogP contribution in [0.2, 0.25) is 0 Å². The number of nitrogens with zero attached hydrogens (tertiary/aromatic N) is 2. The smallest absolute Gasteiger partial charge is 0.335 e. The number of carboxylic acid groups (broad SMARTS) is 1. The summed E-state index contributed by atoms with van der Waals surface area (Å²) in [4.78, 5) is 18.7. The number of thiazole rings is 1. The van der Waals surface area contributed by atoms with E-state index in [1.807, 2.05) is 6.92 Å². The molecule has 204 valence electrons. The molecule has 39 heavy (non-hydrogen) atoms. The number of benzene rings is 2. The van der Waals surface area contributed by atoms with Crippen molar-refractivity contribution in [2.75, 3.05) is 11.5 Å². The third-order valence-corrected chi connectivity index (χ3v) is 9.09. The summed E-state index contributed by atoms with van der Waals surface area (Å²) in [6, 6.07) is 6.85. The van der Waals surface area contributed by atoms with Crippen LogP contribution in [-0.2, 0) is 4.74 Å². The van der Waals surface area contributed by atoms with E-state index in [1.165, 1.54) is 17.4 Å². The zero-order valence-corrected chi connectivity index (χ0v) is 22.2. The SMILES string of the molecule is Cc1cc(C(=O)O)cc2sc(N3C4CC[C@H]3CC(OC/C(C(=N)c3ccc(F)cc3F)=C(/O)C3CC3)C4)nc12. The molecule has 2 aromatic carbocycles. The van der Waals surface area contributed by atoms with Gasteiger partial charge >= 0.3 is 5.97 Å². The standard InChI is InChI=1S/C29H29F2N3O4S/c1-14-8-16(28(36)37)9-24-26(14)33-29(39-24)34-18-5-6-19(34)12-20(11-18)38-13-22(27(35)15-2-3-15)25(32)21-7-4-17(30)10-23(21)31/h4,7-10,15,18-20,32,35H,2-3,5-6,11-13H2,1H3,(H,36,37)/b27-22-,32-25?/t18-,19?,20?/m0/s1. The molecule has 6 rings (SSSR count). The van der Waals surface area contributed by atoms with Gasteiger partial charge in [0.1, 0.15) is 17.4 Å². The van der Waals surface area contributed by atoms with Crippen molar-refractivity contribution < 1.29 is 28.5 Å². The van der Waals surface area contributed by atoms with Crippen LogP contribution in [-0.4, -0.2) is 51.7 Å². The van der Waals surface area contributed by atoms with Crippen LogP contribution in [0.1, 0.15) is 60.0 Å². The van der Waals surface area contributed by atoms with E-state index in [4.69, 9.17) is 15.1 Å². The van der Waals surface area contributed by atoms with E-state index < -0.39 is 17.6 Å². The van der Waals surface area contributed by atoms with Gasteiger partial charge in [-0.2, -0.15) is 0 Å². The van der Waals surface area contributed by atoms with Gasteiger partial charge in [-0.3, -0.25) is 5.41 Å². The number of carbonyl (C=O) groups is 1. The summed E-state index contributed by atoms with van der Waals surface area (Å²) in [6.07, 6.45) is 5.02. The molecular weight excluding hydrogens is 524 g/mol. The number of halogens is 2. The van der Waals surface area contributed by atoms with Crippen molar-refractivity contribution in [3.05, 3.63) is 70.0 Å². The molecular formula is C29H29F2N3O4S. The molecule has 3 N–H and O–H groups in total. The lowest BCUT2D eigenvalue weighted by molar-refractivity contribution is 0.0410. The van der Waals surface area contributed by atoms with Crippen molar-refractivity contribution in [3.8, 4) is 0 Å². The summed E-state index contributed by atoms with van der Waals surface area (Å²) in [6.45, 7) is 1.87. The molecule has 2 aliphatic heterocycles. The molecule has 1 aromatic heterocycles. The van der Waals surface area contributed by atoms with Crippen molar-refractivity contribution >= 4 is 38.4 Å². The van der Waals surface area contributed by atoms with Gasteiger partial charge in [0.25, 0.3) is 0 Å². The number of aromatic nitrogens is 1. The summed E-state index contributed by atoms with van der Waals surface area (Å²) in [5.41, 5.74) is 1.95. The predicted octanol–water partition coefficient (Wildman–Crippen LogP) is 6.39. The molecule has 3 aromatic rings. The Labute approximate surface area is 228 Å². The number of hydrogen-bond acceptors (Lipinski definition) is 7. The van der Waals surface area contributed by atoms with Crippen LogP contribution < -0.4 is 4.90 Å². The molecule has 2 unspecified atom stereocenters. The molecule has 1 aliphatic carbocycles. The van der Waals surface area contributed by atoms with Gasteiger partial charge in [-0.15, -0.1) is 0 Å². The van der Waals surface area contributed by atoms with Crippen LogP contribution in [0.15, 0.2) is 41.7 Å². The summed E-state index contributed by atoms with van der Waals surface area (Å²) in [5.74, 6) is -2.49. The Morgan fingerprint density at radius 1 is 1.13 bits per heavy atom. The zero-order chi connectivity index (χ0) is 27.4. The summed E-state index contributed by atoms with van der Waals surface area (Å²) >= 11 is 1.51. The lowest BCUT2D eigenvalue weighted by Crippen LogP contribution is -2.45. The lowest BCUT2D eigenvalue weighted by Gasteiger charge is -2.38. The Morgan fingerprint density at radius 3 is 2.49 bits per heavy atom. The van der Waals surface area contributed by atoms with E-state index in [9.17, 15) is 23.8 Å². The number of ether oxygens (including phenoxy) is 1. The van der Waals surface area contributed by atoms with Crippen LogP contribution in [0.4, 0.5) is 13.9 Å². The minimum atomic E-state index is -0.954. The maximum atomic E-state index is 14.4. The number of rotatable bonds is 8. The Balaban J connectivity index is 1.18. The molecule has 10 heteroatoms. The highest BCUT2D eigenvalue weighted by molar-refractivity contribution is 7.22. The highest BCUT2D eigenvalue weighted by Crippen LogP contribution is 2.44. The first-order valence-corrected chi connectivity index (χ1v) is 14.0. The average molecular weight is 554 g/mol. The van der Waals surface area contributed by atoms with E-state index in [2.05, 4.69) is 4.90 Å². The van der Waals surface area contributed by atoms with Crippen LogP contribution in [0, 0.1) is 29.9 Å². The van der Waals surface area contributed by atoms with Crippen molar-refractivity contribution in [2.24, 2.45) is 5.92 Å². The monoisotopic (exact) mass is 553 g/mol. The zero-order valence-electron chi connectivity index (χ0n) is 21.4. The second kappa shape index (κ2) is 9.98. The van der Waals surface area contributed by atoms with Gasteiger partial charge in [0, 0.05) is 35.2 Å². The molecule has 3 atom stereocenters. The van der Waals surface area contributed by atoms with Crippen molar-refractivity contribution in [1.82, 2.24) is 4.98 Å². The highest BCUT2D eigenvalue weighted by atomic mass is 32.1. The van der Waals surface area contributed by atoms with Crippen LogP contribution >= 0.6 is 11.3 Å². The van der Waals surface area contributed by atoms with Crippen molar-refractivity contribution in [1.29, 1.82) is 5.41 Å². The number of aliphatic hydroxyl groups is 1. The maximum absolute atomic E-state index is 14.4. The molecule has 2 saturated heterocycles. The predicted molar refractivity (Wildman–Crippen MR) is 145 cm³/mol. The molecule has 3 fully saturated rings. The molecule has 0 spiro atoms. The number of aryl methyl sites for hydroxylation is 1. The second-order valence-electron chi connectivity index (χ2n) is 10.8. The van der Waals surface area contributed by atoms with Gasteiger partial charge in [0.15, 0.2) is 5.13 Å². The van der Waals surface area contributed by atoms with Gasteiger partial charge in [-0.25, -0.2) is 18.6 Å². The van der Waals surface area contributed by atoms with Gasteiger partial charge in [0.05, 0.1) is 34.2 Å². The van der Waals surface area contributed by atoms with E-state index in [1.54, 1.807) is 12.1 Å². The summed E-state index contributed by atoms with van der Waals surface area (Å²) in [5, 5.41) is 29.7. The Hall–Kier alpha value is -3.37. The van der Waals surface area contributed by atoms with Gasteiger partial charge in [-0.1, -0.05) is 11.3 Å². The van der Waals surface area contributed by atoms with Crippen molar-refractivity contribution in [2.45, 2.75) is 63.6 Å². The molecule has 3 aliphatic rings. The maximum Gasteiger partial charge on any atom is 0.335 e. The molecule has 7 nitrogen and oxygen atoms in total. The summed E-state index contributed by atoms with van der Waals surface area (Å²) < 4.78 is 35.0. The number of allylic oxidation sites excluding steroid dienone is 1. The normalized spacial score (nSPS) is 23.3. The topological polar surface area (TPSA) is 107 Å². The molecule has 1 saturated carbocycles. The van der Waals surface area contributed by atoms with Crippen LogP contribution in [0.5, 0.6) is 0 Å². The number of nitrogens with one attached hydrogen (secondary N) is 1. The number of anilines is 1. The Bertz CT molecular complexity index is 1500. The van der Waals surface area contributed by atoms with Crippen LogP contribution in [0.25, 0.3) is 10.2 Å². The Morgan fingerprint density at radius 2 is 1.85 bits per heavy atom. The van der Waals surface area contributed by atoms with E-state index in [0.717, 1.165) is 71.6 Å². The van der Waals surface area contributed by atoms with E-state index in [0.29, 0.717) is 0 Å². The lowest BCUT2D eigenvalue weighted by atomic mass is 9.98. The van der Waals surface area contributed by atoms with Gasteiger partial charge in [0.2, 0.25) is 0 Å². The molecule has 3 heterocycles. The number of aliphatic hydroxyl groups excluding tert-OH is 1. The first-order valence-electron chi connectivity index (χ1n) is 13.2. The highest BCUT2D eigenvalue weighted by Gasteiger charge is 2.43. The minimum absolute atomic E-state index is 0.0135. The number of hydrogen-bond donors (Lipinski definition) is 3. The molecule has 0 amide bonds. The van der Waals surface area contributed by atoms with Gasteiger partial charge < -0.3 is 19.8 Å². The molecule has 2 bridgehead atoms. The van der Waals surface area contributed by atoms with Crippen LogP contribution in [0.3, 0.4) is 0 Å². The number of aromatic carboxylic acids is 1. The largest absolute Gasteiger partial charge is 0.512 e. The fraction of sp³-hybridized carbons (Fsp3) is 0.414. The van der Waals surface area contributed by atoms with Gasteiger partial charge in [-0.05, 0) is 75.3 Å². The quantitative estimate of drug-likeness (QED) is 0.221. The first kappa shape index (κ1) is 25.9. The second-order valence-corrected chi connectivity index (χ2v) is 11.8. The number of piperidine rings is 1. The fourth-order valence-corrected chi connectivity index (χ4v) is 7.15. The minimum Gasteiger partial charge on any atom is -0.512 e. The third kappa shape index (κ3) is 4.91. The number of carboxylic acids is 1. The average Bonchev–Trinajstić information content (AvgIpc) is 3.59. The van der Waals surface area contributed by atoms with E-state index in [-0.39, 0.29) is 58.9 Å².